The van der Waals surface area contributed by atoms with E-state index in [2.05, 4.69) is 4.90 Å². The number of carbonyl (C=O) groups is 3. The Balaban J connectivity index is 1.01. The first-order valence-electron chi connectivity index (χ1n) is 20.2. The van der Waals surface area contributed by atoms with Crippen molar-refractivity contribution in [1.29, 1.82) is 0 Å². The number of rotatable bonds is 15. The number of carbonyl (C=O) groups excluding carboxylic acids is 3. The third-order valence-corrected chi connectivity index (χ3v) is 13.3. The molecule has 4 saturated heterocycles. The Bertz CT molecular complexity index is 2210. The Labute approximate surface area is 366 Å². The van der Waals surface area contributed by atoms with Gasteiger partial charge in [-0.15, -0.1) is 11.8 Å². The number of hydrogen-bond acceptors (Lipinski definition) is 10. The van der Waals surface area contributed by atoms with Gasteiger partial charge < -0.3 is 29.1 Å². The van der Waals surface area contributed by atoms with E-state index in [-0.39, 0.29) is 47.2 Å². The van der Waals surface area contributed by atoms with E-state index in [1.807, 2.05) is 36.4 Å². The summed E-state index contributed by atoms with van der Waals surface area (Å²) in [6.07, 6.45) is 4.28. The van der Waals surface area contributed by atoms with Crippen molar-refractivity contribution in [2.75, 3.05) is 43.4 Å². The van der Waals surface area contributed by atoms with Gasteiger partial charge >= 0.3 is 18.7 Å². The first-order chi connectivity index (χ1) is 29.5. The number of alkyl halides is 2. The molecule has 2 bridgehead atoms. The van der Waals surface area contributed by atoms with Crippen LogP contribution in [0.2, 0.25) is 10.0 Å². The number of amides is 2. The molecule has 9 rings (SSSR count). The number of hydrogen-bond donors (Lipinski definition) is 0. The minimum absolute atomic E-state index is 0.0245. The van der Waals surface area contributed by atoms with Gasteiger partial charge in [-0.3, -0.25) is 14.6 Å². The van der Waals surface area contributed by atoms with Crippen molar-refractivity contribution >= 4 is 58.6 Å². The second kappa shape index (κ2) is 19.1. The number of fused-ring (bicyclic) bond motifs is 3. The van der Waals surface area contributed by atoms with Crippen LogP contribution < -0.4 is 19.1 Å². The topological polar surface area (TPSA) is 125 Å². The second-order valence-electron chi connectivity index (χ2n) is 15.7. The molecule has 3 atom stereocenters. The van der Waals surface area contributed by atoms with E-state index in [4.69, 9.17) is 42.1 Å². The van der Waals surface area contributed by atoms with Gasteiger partial charge in [0.05, 0.1) is 13.2 Å². The number of piperidine rings is 3. The van der Waals surface area contributed by atoms with Crippen molar-refractivity contribution in [2.45, 2.75) is 62.8 Å². The number of para-hydroxylation sites is 1. The number of esters is 1. The molecule has 3 aromatic carbocycles. The third-order valence-electron chi connectivity index (χ3n) is 11.4. The van der Waals surface area contributed by atoms with Gasteiger partial charge in [0.25, 0.3) is 5.91 Å². The number of anilines is 1. The molecule has 1 unspecified atom stereocenters. The summed E-state index contributed by atoms with van der Waals surface area (Å²) in [6, 6.07) is 20.4. The summed E-state index contributed by atoms with van der Waals surface area (Å²) >= 11 is 14.2. The van der Waals surface area contributed by atoms with E-state index in [9.17, 15) is 28.4 Å². The Kier molecular flexibility index (Phi) is 13.4. The van der Waals surface area contributed by atoms with Gasteiger partial charge in [0.2, 0.25) is 0 Å². The average Bonchev–Trinajstić information content (AvgIpc) is 3.96. The number of pyridine rings is 1. The molecular weight excluding hydrogens is 853 g/mol. The van der Waals surface area contributed by atoms with Crippen molar-refractivity contribution in [3.05, 3.63) is 123 Å². The van der Waals surface area contributed by atoms with Crippen LogP contribution in [-0.4, -0.2) is 84.4 Å². The Morgan fingerprint density at radius 2 is 1.67 bits per heavy atom. The summed E-state index contributed by atoms with van der Waals surface area (Å²) in [4.78, 5) is 47.6. The lowest BCUT2D eigenvalue weighted by Crippen LogP contribution is -2.53. The standard InChI is InChI=1S/C44H44Cl2F2N4O8S/c45-34-23-50(56)24-35(46)33(34)21-37(30-11-12-36(59-43(47)48)38(20-30)57-26-27-9-10-27)58-42(54)41-51(17-18-61-41)40(53)31-6-4-5-28(19-31)22-52(32-7-2-1-3-8-32)44(55)60-39-25-49-15-13-29(39)14-16-49/h1-8,11-12,19-20,23-24,27,29,37,39,41,43H,9-10,13-18,21-22,25-26H2/t37?,39-,41-/m0/s1. The number of aromatic nitrogens is 1. The van der Waals surface area contributed by atoms with Crippen molar-refractivity contribution in [3.8, 4) is 11.5 Å². The van der Waals surface area contributed by atoms with Gasteiger partial charge in [-0.1, -0.05) is 59.6 Å². The molecule has 322 valence electrons. The minimum Gasteiger partial charge on any atom is -0.619 e. The molecule has 0 spiro atoms. The summed E-state index contributed by atoms with van der Waals surface area (Å²) < 4.78 is 50.1. The lowest BCUT2D eigenvalue weighted by molar-refractivity contribution is -0.605. The van der Waals surface area contributed by atoms with Gasteiger partial charge in [0, 0.05) is 42.1 Å². The fraction of sp³-hybridized carbons (Fsp3) is 0.409. The number of thioether (sulfide) groups is 1. The number of ether oxygens (including phenoxy) is 4. The average molecular weight is 898 g/mol. The second-order valence-corrected chi connectivity index (χ2v) is 17.7. The highest BCUT2D eigenvalue weighted by Gasteiger charge is 2.40. The van der Waals surface area contributed by atoms with E-state index in [0.717, 1.165) is 57.7 Å². The molecule has 5 heterocycles. The lowest BCUT2D eigenvalue weighted by atomic mass is 9.86. The maximum Gasteiger partial charge on any atom is 0.414 e. The maximum absolute atomic E-state index is 14.2. The van der Waals surface area contributed by atoms with Crippen LogP contribution in [0, 0.1) is 17.0 Å². The number of nitrogens with zero attached hydrogens (tertiary/aromatic N) is 4. The summed E-state index contributed by atoms with van der Waals surface area (Å²) in [5, 5.41) is 11.1. The maximum atomic E-state index is 14.2. The van der Waals surface area contributed by atoms with E-state index < -0.39 is 36.1 Å². The predicted molar refractivity (Wildman–Crippen MR) is 225 cm³/mol. The van der Waals surface area contributed by atoms with Crippen molar-refractivity contribution in [1.82, 2.24) is 9.80 Å². The molecule has 5 aliphatic rings. The Morgan fingerprint density at radius 1 is 0.918 bits per heavy atom. The van der Waals surface area contributed by atoms with Crippen LogP contribution in [-0.2, 0) is 27.2 Å². The minimum atomic E-state index is -3.11. The van der Waals surface area contributed by atoms with Crippen LogP contribution >= 0.6 is 35.0 Å². The molecule has 4 aromatic rings. The molecule has 0 radical (unpaired) electrons. The van der Waals surface area contributed by atoms with Crippen molar-refractivity contribution < 1.29 is 46.8 Å². The molecular formula is C44H44Cl2F2N4O8S. The van der Waals surface area contributed by atoms with Crippen LogP contribution in [0.15, 0.2) is 85.2 Å². The van der Waals surface area contributed by atoms with Crippen molar-refractivity contribution in [3.63, 3.8) is 0 Å². The highest BCUT2D eigenvalue weighted by molar-refractivity contribution is 8.00. The molecule has 5 fully saturated rings. The molecule has 4 aliphatic heterocycles. The van der Waals surface area contributed by atoms with E-state index in [1.165, 1.54) is 34.9 Å². The summed E-state index contributed by atoms with van der Waals surface area (Å²) in [5.74, 6) is -0.225. The highest BCUT2D eigenvalue weighted by atomic mass is 35.5. The van der Waals surface area contributed by atoms with E-state index in [0.29, 0.717) is 56.9 Å². The molecule has 17 heteroatoms. The molecule has 0 N–H and O–H groups in total. The summed E-state index contributed by atoms with van der Waals surface area (Å²) in [6.45, 7) is 0.321. The largest absolute Gasteiger partial charge is 0.619 e. The van der Waals surface area contributed by atoms with Crippen LogP contribution in [0.5, 0.6) is 11.5 Å². The highest BCUT2D eigenvalue weighted by Crippen LogP contribution is 2.39. The van der Waals surface area contributed by atoms with Crippen LogP contribution in [0.4, 0.5) is 19.3 Å². The molecule has 12 nitrogen and oxygen atoms in total. The van der Waals surface area contributed by atoms with Gasteiger partial charge in [-0.05, 0) is 98.1 Å². The van der Waals surface area contributed by atoms with E-state index in [1.54, 1.807) is 23.1 Å². The quantitative estimate of drug-likeness (QED) is 0.0654. The van der Waals surface area contributed by atoms with Gasteiger partial charge in [0.15, 0.2) is 29.3 Å². The first-order valence-corrected chi connectivity index (χ1v) is 22.1. The van der Waals surface area contributed by atoms with Gasteiger partial charge in [-0.25, -0.2) is 9.59 Å². The Hall–Kier alpha value is -4.83. The predicted octanol–water partition coefficient (Wildman–Crippen LogP) is 8.30. The molecule has 61 heavy (non-hydrogen) atoms. The monoisotopic (exact) mass is 896 g/mol. The lowest BCUT2D eigenvalue weighted by Gasteiger charge is -2.44. The molecule has 1 saturated carbocycles. The van der Waals surface area contributed by atoms with Gasteiger partial charge in [-0.2, -0.15) is 13.5 Å². The zero-order valence-electron chi connectivity index (χ0n) is 33.0. The van der Waals surface area contributed by atoms with Crippen LogP contribution in [0.1, 0.15) is 58.8 Å². The van der Waals surface area contributed by atoms with Crippen molar-refractivity contribution in [2.24, 2.45) is 11.8 Å². The normalized spacial score (nSPS) is 21.2. The molecule has 1 aliphatic carbocycles. The van der Waals surface area contributed by atoms with Crippen LogP contribution in [0.25, 0.3) is 0 Å². The van der Waals surface area contributed by atoms with E-state index >= 15 is 0 Å². The number of benzene rings is 3. The third kappa shape index (κ3) is 10.4. The zero-order chi connectivity index (χ0) is 42.6. The summed E-state index contributed by atoms with van der Waals surface area (Å²) in [5.41, 5.74) is 2.32. The summed E-state index contributed by atoms with van der Waals surface area (Å²) in [7, 11) is 0. The fourth-order valence-electron chi connectivity index (χ4n) is 7.99. The zero-order valence-corrected chi connectivity index (χ0v) is 35.3. The molecule has 1 aromatic heterocycles. The smallest absolute Gasteiger partial charge is 0.414 e. The van der Waals surface area contributed by atoms with Crippen LogP contribution in [0.3, 0.4) is 0 Å². The Morgan fingerprint density at radius 3 is 2.36 bits per heavy atom. The van der Waals surface area contributed by atoms with Gasteiger partial charge in [0.1, 0.15) is 22.3 Å². The fourth-order valence-corrected chi connectivity index (χ4v) is 9.69. The SMILES string of the molecule is O=C(OC(Cc1c(Cl)c[n+]([O-])cc1Cl)c1ccc(OC(F)F)c(OCC2CC2)c1)[C@@H]1SCCN1C(=O)c1cccc(CN(C(=O)O[C@H]2CN3CCC2CC3)c2ccccc2)c1. The molecule has 2 amide bonds. The number of halogens is 4. The first kappa shape index (κ1) is 42.8.